The van der Waals surface area contributed by atoms with Crippen LogP contribution in [0.4, 0.5) is 0 Å². The van der Waals surface area contributed by atoms with E-state index in [9.17, 15) is 5.11 Å². The summed E-state index contributed by atoms with van der Waals surface area (Å²) >= 11 is 0. The van der Waals surface area contributed by atoms with Crippen LogP contribution >= 0.6 is 0 Å². The number of methoxy groups -OCH3 is 1. The molecule has 0 radical (unpaired) electrons. The van der Waals surface area contributed by atoms with Crippen molar-refractivity contribution < 1.29 is 9.84 Å². The first-order chi connectivity index (χ1) is 9.04. The molecule has 0 bridgehead atoms. The van der Waals surface area contributed by atoms with E-state index in [0.29, 0.717) is 19.6 Å². The molecule has 4 N–H and O–H groups in total. The molecule has 0 aliphatic rings. The largest absolute Gasteiger partial charge is 0.389 e. The van der Waals surface area contributed by atoms with Crippen LogP contribution in [0.1, 0.15) is 18.0 Å². The van der Waals surface area contributed by atoms with Crippen LogP contribution in [0.3, 0.4) is 0 Å². The summed E-state index contributed by atoms with van der Waals surface area (Å²) in [7, 11) is 3.48. The predicted octanol–water partition coefficient (Wildman–Crippen LogP) is 0.993. The maximum Gasteiger partial charge on any atom is 0.0924 e. The molecule has 0 saturated carbocycles. The Hall–Kier alpha value is -1.43. The topological polar surface area (TPSA) is 82.6 Å². The van der Waals surface area contributed by atoms with Crippen LogP contribution in [0.2, 0.25) is 0 Å². The first-order valence-electron chi connectivity index (χ1n) is 6.29. The number of aliphatic hydroxyl groups is 1. The van der Waals surface area contributed by atoms with Gasteiger partial charge in [0.25, 0.3) is 0 Å². The van der Waals surface area contributed by atoms with E-state index < -0.39 is 6.10 Å². The first-order valence-corrected chi connectivity index (χ1v) is 6.29. The molecule has 0 saturated heterocycles. The summed E-state index contributed by atoms with van der Waals surface area (Å²) in [5.74, 6) is 0.141. The summed E-state index contributed by atoms with van der Waals surface area (Å²) in [5.41, 5.74) is 6.62. The molecule has 5 heteroatoms. The summed E-state index contributed by atoms with van der Waals surface area (Å²) in [6, 6.07) is 9.88. The molecule has 106 valence electrons. The lowest BCUT2D eigenvalue weighted by Crippen LogP contribution is -2.36. The average Bonchev–Trinajstić information content (AvgIpc) is 2.37. The van der Waals surface area contributed by atoms with Gasteiger partial charge in [-0.15, -0.1) is 0 Å². The fourth-order valence-electron chi connectivity index (χ4n) is 2.12. The molecule has 0 fully saturated rings. The summed E-state index contributed by atoms with van der Waals surface area (Å²) in [5, 5.41) is 17.3. The van der Waals surface area contributed by atoms with Crippen LogP contribution in [0.15, 0.2) is 30.3 Å². The Balaban J connectivity index is 2.76. The highest BCUT2D eigenvalue weighted by Gasteiger charge is 2.20. The van der Waals surface area contributed by atoms with Crippen molar-refractivity contribution in [3.05, 3.63) is 35.9 Å². The Labute approximate surface area is 114 Å². The molecule has 19 heavy (non-hydrogen) atoms. The van der Waals surface area contributed by atoms with E-state index in [0.717, 1.165) is 5.56 Å². The number of nitrogens with one attached hydrogen (secondary N) is 1. The maximum atomic E-state index is 9.80. The van der Waals surface area contributed by atoms with Gasteiger partial charge in [-0.25, -0.2) is 0 Å². The molecule has 0 heterocycles. The molecular formula is C14H23N3O2. The van der Waals surface area contributed by atoms with Gasteiger partial charge in [0.2, 0.25) is 0 Å². The van der Waals surface area contributed by atoms with Crippen molar-refractivity contribution in [2.45, 2.75) is 18.6 Å². The molecule has 0 aromatic heterocycles. The number of benzene rings is 1. The Morgan fingerprint density at radius 3 is 2.58 bits per heavy atom. The number of nitrogens with two attached hydrogens (primary N) is 1. The van der Waals surface area contributed by atoms with E-state index in [2.05, 4.69) is 0 Å². The van der Waals surface area contributed by atoms with Gasteiger partial charge in [-0.1, -0.05) is 30.3 Å². The van der Waals surface area contributed by atoms with Crippen LogP contribution in [0.5, 0.6) is 0 Å². The molecular weight excluding hydrogens is 242 g/mol. The standard InChI is InChI=1S/C14H23N3O2/c1-17(9-12(18)10-19-2)13(8-14(15)16)11-6-4-3-5-7-11/h3-7,12-13,18H,8-10H2,1-2H3,(H3,15,16). The molecule has 2 unspecified atom stereocenters. The van der Waals surface area contributed by atoms with Crippen molar-refractivity contribution >= 4 is 5.84 Å². The molecule has 0 aliphatic carbocycles. The first kappa shape index (κ1) is 15.6. The van der Waals surface area contributed by atoms with Crippen molar-refractivity contribution in [3.63, 3.8) is 0 Å². The fraction of sp³-hybridized carbons (Fsp3) is 0.500. The molecule has 1 rings (SSSR count). The number of nitrogens with zero attached hydrogens (tertiary/aromatic N) is 1. The van der Waals surface area contributed by atoms with Crippen LogP contribution in [0, 0.1) is 5.41 Å². The number of hydrogen-bond acceptors (Lipinski definition) is 4. The summed E-state index contributed by atoms with van der Waals surface area (Å²) in [4.78, 5) is 2.00. The van der Waals surface area contributed by atoms with E-state index in [1.165, 1.54) is 0 Å². The van der Waals surface area contributed by atoms with Crippen LogP contribution in [0.25, 0.3) is 0 Å². The third-order valence-electron chi connectivity index (χ3n) is 2.99. The number of ether oxygens (including phenoxy) is 1. The van der Waals surface area contributed by atoms with Gasteiger partial charge in [0.15, 0.2) is 0 Å². The zero-order valence-corrected chi connectivity index (χ0v) is 11.5. The minimum atomic E-state index is -0.548. The van der Waals surface area contributed by atoms with Crippen molar-refractivity contribution in [2.24, 2.45) is 5.73 Å². The van der Waals surface area contributed by atoms with Crippen molar-refractivity contribution in [3.8, 4) is 0 Å². The van der Waals surface area contributed by atoms with Crippen LogP contribution < -0.4 is 5.73 Å². The molecule has 1 aromatic rings. The third kappa shape index (κ3) is 5.38. The van der Waals surface area contributed by atoms with Crippen LogP contribution in [-0.4, -0.2) is 49.3 Å². The molecule has 0 spiro atoms. The summed E-state index contributed by atoms with van der Waals surface area (Å²) in [6.45, 7) is 0.770. The lowest BCUT2D eigenvalue weighted by molar-refractivity contribution is 0.0346. The van der Waals surface area contributed by atoms with E-state index in [1.807, 2.05) is 42.3 Å². The second kappa shape index (κ2) is 7.89. The molecule has 1 aromatic carbocycles. The monoisotopic (exact) mass is 265 g/mol. The normalized spacial score (nSPS) is 14.3. The molecule has 0 aliphatic heterocycles. The minimum absolute atomic E-state index is 0.00907. The van der Waals surface area contributed by atoms with Gasteiger partial charge in [-0.3, -0.25) is 10.3 Å². The summed E-state index contributed by atoms with van der Waals surface area (Å²) in [6.07, 6.45) is -0.103. The van der Waals surface area contributed by atoms with Crippen molar-refractivity contribution in [1.82, 2.24) is 4.90 Å². The molecule has 0 amide bonds. The second-order valence-corrected chi connectivity index (χ2v) is 4.70. The minimum Gasteiger partial charge on any atom is -0.389 e. The fourth-order valence-corrected chi connectivity index (χ4v) is 2.12. The number of amidine groups is 1. The van der Waals surface area contributed by atoms with Crippen molar-refractivity contribution in [1.29, 1.82) is 5.41 Å². The molecule has 5 nitrogen and oxygen atoms in total. The predicted molar refractivity (Wildman–Crippen MR) is 76.2 cm³/mol. The van der Waals surface area contributed by atoms with E-state index in [1.54, 1.807) is 7.11 Å². The van der Waals surface area contributed by atoms with Gasteiger partial charge in [0.05, 0.1) is 18.5 Å². The average molecular weight is 265 g/mol. The van der Waals surface area contributed by atoms with Gasteiger partial charge < -0.3 is 15.6 Å². The Morgan fingerprint density at radius 1 is 1.42 bits per heavy atom. The van der Waals surface area contributed by atoms with Crippen LogP contribution in [-0.2, 0) is 4.74 Å². The van der Waals surface area contributed by atoms with Gasteiger partial charge in [0, 0.05) is 26.1 Å². The second-order valence-electron chi connectivity index (χ2n) is 4.70. The molecule has 2 atom stereocenters. The Kier molecular flexibility index (Phi) is 6.49. The van der Waals surface area contributed by atoms with Gasteiger partial charge >= 0.3 is 0 Å². The Bertz CT molecular complexity index is 384. The lowest BCUT2D eigenvalue weighted by atomic mass is 10.0. The SMILES string of the molecule is COCC(O)CN(C)C(CC(=N)N)c1ccccc1. The quantitative estimate of drug-likeness (QED) is 0.483. The number of rotatable bonds is 8. The third-order valence-corrected chi connectivity index (χ3v) is 2.99. The van der Waals surface area contributed by atoms with Gasteiger partial charge in [-0.05, 0) is 12.6 Å². The smallest absolute Gasteiger partial charge is 0.0924 e. The van der Waals surface area contributed by atoms with Gasteiger partial charge in [-0.2, -0.15) is 0 Å². The lowest BCUT2D eigenvalue weighted by Gasteiger charge is -2.29. The number of likely N-dealkylation sites (N-methyl/N-ethyl adjacent to an activating group) is 1. The van der Waals surface area contributed by atoms with E-state index in [-0.39, 0.29) is 11.9 Å². The van der Waals surface area contributed by atoms with E-state index >= 15 is 0 Å². The Morgan fingerprint density at radius 2 is 2.05 bits per heavy atom. The van der Waals surface area contributed by atoms with Crippen molar-refractivity contribution in [2.75, 3.05) is 27.3 Å². The number of aliphatic hydroxyl groups excluding tert-OH is 1. The highest BCUT2D eigenvalue weighted by Crippen LogP contribution is 2.22. The van der Waals surface area contributed by atoms with E-state index in [4.69, 9.17) is 15.9 Å². The highest BCUT2D eigenvalue weighted by molar-refractivity contribution is 5.77. The maximum absolute atomic E-state index is 9.80. The highest BCUT2D eigenvalue weighted by atomic mass is 16.5. The zero-order valence-electron chi connectivity index (χ0n) is 11.5. The summed E-state index contributed by atoms with van der Waals surface area (Å²) < 4.78 is 4.93. The van der Waals surface area contributed by atoms with Gasteiger partial charge in [0.1, 0.15) is 0 Å². The number of hydrogen-bond donors (Lipinski definition) is 3. The zero-order chi connectivity index (χ0) is 14.3.